The molecule has 1 aliphatic carbocycles. The van der Waals surface area contributed by atoms with Gasteiger partial charge in [-0.2, -0.15) is 0 Å². The molecule has 2 amide bonds. The topological polar surface area (TPSA) is 75.2 Å². The lowest BCUT2D eigenvalue weighted by atomic mass is 9.86. The Morgan fingerprint density at radius 3 is 2.29 bits per heavy atom. The van der Waals surface area contributed by atoms with E-state index < -0.39 is 5.60 Å². The number of pyridine rings is 1. The standard InChI is InChI=1S/C32H45FN4O4/c1-22(2)37(30(38)24-8-12-28(13-9-24)40-29-14-10-26(33)20-34-29)27-11-7-25(23(3)19-27)21-35-15-17-36(18-16-35)31(39)41-32(4,5)6/h7,10-11,14,19-20,22,24,28H,8-9,12-13,15-18,21H2,1-6H3. The van der Waals surface area contributed by atoms with Gasteiger partial charge in [0.05, 0.1) is 6.20 Å². The van der Waals surface area contributed by atoms with Crippen molar-refractivity contribution < 1.29 is 23.5 Å². The van der Waals surface area contributed by atoms with Gasteiger partial charge < -0.3 is 19.3 Å². The van der Waals surface area contributed by atoms with Gasteiger partial charge in [0, 0.05) is 56.4 Å². The van der Waals surface area contributed by atoms with Gasteiger partial charge in [0.25, 0.3) is 0 Å². The molecule has 8 nitrogen and oxygen atoms in total. The van der Waals surface area contributed by atoms with Gasteiger partial charge in [-0.05, 0) is 96.6 Å². The van der Waals surface area contributed by atoms with E-state index in [0.29, 0.717) is 19.0 Å². The van der Waals surface area contributed by atoms with Gasteiger partial charge in [-0.1, -0.05) is 6.07 Å². The molecule has 1 aliphatic heterocycles. The molecule has 224 valence electrons. The van der Waals surface area contributed by atoms with Crippen LogP contribution in [0.25, 0.3) is 0 Å². The SMILES string of the molecule is Cc1cc(N(C(=O)C2CCC(Oc3ccc(F)cn3)CC2)C(C)C)ccc1CN1CCN(C(=O)OC(C)(C)C)CC1. The number of halogens is 1. The van der Waals surface area contributed by atoms with Crippen molar-refractivity contribution in [3.8, 4) is 5.88 Å². The predicted molar refractivity (Wildman–Crippen MR) is 157 cm³/mol. The number of anilines is 1. The van der Waals surface area contributed by atoms with Gasteiger partial charge in [-0.3, -0.25) is 9.69 Å². The van der Waals surface area contributed by atoms with Crippen LogP contribution in [0.4, 0.5) is 14.9 Å². The lowest BCUT2D eigenvalue weighted by Crippen LogP contribution is -2.49. The molecule has 41 heavy (non-hydrogen) atoms. The Morgan fingerprint density at radius 1 is 1.05 bits per heavy atom. The van der Waals surface area contributed by atoms with Gasteiger partial charge >= 0.3 is 6.09 Å². The van der Waals surface area contributed by atoms with Crippen molar-refractivity contribution in [2.45, 2.75) is 91.5 Å². The minimum atomic E-state index is -0.491. The van der Waals surface area contributed by atoms with Crippen LogP contribution in [0.2, 0.25) is 0 Å². The highest BCUT2D eigenvalue weighted by atomic mass is 19.1. The first kappa shape index (κ1) is 30.8. The highest BCUT2D eigenvalue weighted by molar-refractivity contribution is 5.95. The smallest absolute Gasteiger partial charge is 0.410 e. The number of nitrogens with zero attached hydrogens (tertiary/aromatic N) is 4. The number of aromatic nitrogens is 1. The van der Waals surface area contributed by atoms with E-state index in [1.54, 1.807) is 11.0 Å². The summed E-state index contributed by atoms with van der Waals surface area (Å²) in [5.41, 5.74) is 2.81. The van der Waals surface area contributed by atoms with Crippen molar-refractivity contribution >= 4 is 17.7 Å². The van der Waals surface area contributed by atoms with Crippen LogP contribution in [0.15, 0.2) is 36.5 Å². The van der Waals surface area contributed by atoms with Crippen LogP contribution in [-0.4, -0.2) is 70.7 Å². The summed E-state index contributed by atoms with van der Waals surface area (Å²) in [6.45, 7) is 15.6. The molecule has 0 bridgehead atoms. The predicted octanol–water partition coefficient (Wildman–Crippen LogP) is 5.96. The lowest BCUT2D eigenvalue weighted by molar-refractivity contribution is -0.124. The number of ether oxygens (including phenoxy) is 2. The van der Waals surface area contributed by atoms with E-state index in [0.717, 1.165) is 62.8 Å². The largest absolute Gasteiger partial charge is 0.474 e. The lowest BCUT2D eigenvalue weighted by Gasteiger charge is -2.36. The molecule has 1 saturated carbocycles. The molecular formula is C32H45FN4O4. The van der Waals surface area contributed by atoms with Crippen molar-refractivity contribution in [2.75, 3.05) is 31.1 Å². The van der Waals surface area contributed by atoms with Crippen molar-refractivity contribution in [3.05, 3.63) is 53.5 Å². The van der Waals surface area contributed by atoms with Crippen molar-refractivity contribution in [2.24, 2.45) is 5.92 Å². The minimum Gasteiger partial charge on any atom is -0.474 e. The van der Waals surface area contributed by atoms with E-state index in [2.05, 4.69) is 48.9 Å². The summed E-state index contributed by atoms with van der Waals surface area (Å²) in [6.07, 6.45) is 3.92. The van der Waals surface area contributed by atoms with Gasteiger partial charge in [-0.15, -0.1) is 0 Å². The van der Waals surface area contributed by atoms with Gasteiger partial charge in [0.1, 0.15) is 17.5 Å². The fourth-order valence-electron chi connectivity index (χ4n) is 5.57. The molecule has 2 aliphatic rings. The van der Waals surface area contributed by atoms with Gasteiger partial charge in [0.2, 0.25) is 11.8 Å². The fourth-order valence-corrected chi connectivity index (χ4v) is 5.57. The third-order valence-electron chi connectivity index (χ3n) is 7.79. The zero-order valence-electron chi connectivity index (χ0n) is 25.4. The second kappa shape index (κ2) is 13.2. The Balaban J connectivity index is 1.32. The Kier molecular flexibility index (Phi) is 9.89. The molecule has 1 aromatic heterocycles. The molecule has 0 N–H and O–H groups in total. The highest BCUT2D eigenvalue weighted by Gasteiger charge is 2.32. The molecule has 0 radical (unpaired) electrons. The molecule has 4 rings (SSSR count). The minimum absolute atomic E-state index is 0.0166. The summed E-state index contributed by atoms with van der Waals surface area (Å²) in [7, 11) is 0. The molecule has 2 heterocycles. The first-order chi connectivity index (χ1) is 19.4. The number of hydrogen-bond acceptors (Lipinski definition) is 6. The Bertz CT molecular complexity index is 1180. The average molecular weight is 569 g/mol. The molecule has 2 aromatic rings. The summed E-state index contributed by atoms with van der Waals surface area (Å²) < 4.78 is 24.6. The number of piperazine rings is 1. The first-order valence-electron chi connectivity index (χ1n) is 14.8. The summed E-state index contributed by atoms with van der Waals surface area (Å²) in [5.74, 6) is 0.135. The van der Waals surface area contributed by atoms with Crippen molar-refractivity contribution in [3.63, 3.8) is 0 Å². The van der Waals surface area contributed by atoms with Gasteiger partial charge in [-0.25, -0.2) is 14.2 Å². The van der Waals surface area contributed by atoms with E-state index in [1.165, 1.54) is 11.6 Å². The molecule has 1 aromatic carbocycles. The van der Waals surface area contributed by atoms with E-state index in [4.69, 9.17) is 9.47 Å². The number of aryl methyl sites for hydroxylation is 1. The van der Waals surface area contributed by atoms with Crippen LogP contribution in [0, 0.1) is 18.7 Å². The fraction of sp³-hybridized carbons (Fsp3) is 0.594. The normalized spacial score (nSPS) is 20.1. The average Bonchev–Trinajstić information content (AvgIpc) is 2.91. The summed E-state index contributed by atoms with van der Waals surface area (Å²) in [5, 5.41) is 0. The van der Waals surface area contributed by atoms with Gasteiger partial charge in [0.15, 0.2) is 0 Å². The van der Waals surface area contributed by atoms with Crippen LogP contribution in [0.1, 0.15) is 71.4 Å². The maximum absolute atomic E-state index is 13.7. The van der Waals surface area contributed by atoms with E-state index in [1.807, 2.05) is 25.7 Å². The van der Waals surface area contributed by atoms with E-state index >= 15 is 0 Å². The second-order valence-corrected chi connectivity index (χ2v) is 12.6. The number of benzene rings is 1. The number of carbonyl (C=O) groups excluding carboxylic acids is 2. The Labute approximate surface area is 243 Å². The van der Waals surface area contributed by atoms with Crippen molar-refractivity contribution in [1.29, 1.82) is 0 Å². The molecule has 0 unspecified atom stereocenters. The maximum atomic E-state index is 13.7. The molecule has 0 spiro atoms. The van der Waals surface area contributed by atoms with Crippen LogP contribution in [0.3, 0.4) is 0 Å². The third kappa shape index (κ3) is 8.41. The number of carbonyl (C=O) groups is 2. The monoisotopic (exact) mass is 568 g/mol. The highest BCUT2D eigenvalue weighted by Crippen LogP contribution is 2.32. The first-order valence-corrected chi connectivity index (χ1v) is 14.8. The molecule has 0 atom stereocenters. The van der Waals surface area contributed by atoms with Crippen LogP contribution in [-0.2, 0) is 16.1 Å². The summed E-state index contributed by atoms with van der Waals surface area (Å²) >= 11 is 0. The molecule has 1 saturated heterocycles. The second-order valence-electron chi connectivity index (χ2n) is 12.6. The molecule has 9 heteroatoms. The van der Waals surface area contributed by atoms with Crippen LogP contribution < -0.4 is 9.64 Å². The van der Waals surface area contributed by atoms with Crippen molar-refractivity contribution in [1.82, 2.24) is 14.8 Å². The van der Waals surface area contributed by atoms with E-state index in [9.17, 15) is 14.0 Å². The van der Waals surface area contributed by atoms with Crippen LogP contribution >= 0.6 is 0 Å². The quantitative estimate of drug-likeness (QED) is 0.410. The third-order valence-corrected chi connectivity index (χ3v) is 7.79. The van der Waals surface area contributed by atoms with E-state index in [-0.39, 0.29) is 35.9 Å². The number of hydrogen-bond donors (Lipinski definition) is 0. The zero-order valence-corrected chi connectivity index (χ0v) is 25.4. The Morgan fingerprint density at radius 2 is 1.73 bits per heavy atom. The van der Waals surface area contributed by atoms with Crippen LogP contribution in [0.5, 0.6) is 5.88 Å². The summed E-state index contributed by atoms with van der Waals surface area (Å²) in [6, 6.07) is 9.24. The zero-order chi connectivity index (χ0) is 29.7. The maximum Gasteiger partial charge on any atom is 0.410 e. The molecular weight excluding hydrogens is 523 g/mol. The number of rotatable bonds is 7. The number of amides is 2. The molecule has 2 fully saturated rings. The Hall–Kier alpha value is -3.20. The summed E-state index contributed by atoms with van der Waals surface area (Å²) in [4.78, 5) is 36.2.